The number of aromatic amines is 1. The smallest absolute Gasteiger partial charge is 0.175 e. The summed E-state index contributed by atoms with van der Waals surface area (Å²) in [5.74, 6) is 0.933. The van der Waals surface area contributed by atoms with Crippen molar-refractivity contribution in [2.45, 2.75) is 23.2 Å². The van der Waals surface area contributed by atoms with Crippen molar-refractivity contribution in [1.82, 2.24) is 20.3 Å². The lowest BCUT2D eigenvalue weighted by atomic mass is 9.74. The molecular weight excluding hydrogens is 434 g/mol. The van der Waals surface area contributed by atoms with E-state index in [4.69, 9.17) is 0 Å². The highest BCUT2D eigenvalue weighted by Gasteiger charge is 2.44. The number of rotatable bonds is 3. The highest BCUT2D eigenvalue weighted by Crippen LogP contribution is 2.50. The topological polar surface area (TPSA) is 91.0 Å². The minimum atomic E-state index is -3.21. The van der Waals surface area contributed by atoms with Crippen LogP contribution in [-0.4, -0.2) is 49.3 Å². The van der Waals surface area contributed by atoms with Crippen molar-refractivity contribution >= 4 is 32.4 Å². The van der Waals surface area contributed by atoms with Crippen LogP contribution in [0.3, 0.4) is 0 Å². The zero-order chi connectivity index (χ0) is 22.6. The van der Waals surface area contributed by atoms with Gasteiger partial charge in [0, 0.05) is 30.1 Å². The van der Waals surface area contributed by atoms with E-state index in [-0.39, 0.29) is 5.41 Å². The van der Waals surface area contributed by atoms with Gasteiger partial charge in [0.2, 0.25) is 0 Å². The van der Waals surface area contributed by atoms with Crippen molar-refractivity contribution in [1.29, 1.82) is 0 Å². The van der Waals surface area contributed by atoms with Gasteiger partial charge in [-0.05, 0) is 73.0 Å². The van der Waals surface area contributed by atoms with Crippen LogP contribution in [0.2, 0.25) is 0 Å². The van der Waals surface area contributed by atoms with Gasteiger partial charge in [0.1, 0.15) is 17.8 Å². The molecule has 0 unspecified atom stereocenters. The van der Waals surface area contributed by atoms with Gasteiger partial charge >= 0.3 is 0 Å². The van der Waals surface area contributed by atoms with Gasteiger partial charge in [-0.3, -0.25) is 0 Å². The standard InChI is InChI=1S/C25H25N5O2S/c1-33(31,32)19-5-2-17(3-6-19)18-4-7-22-21(14-18)25(9-12-26-13-10-25)15-30(22)24-20-8-11-27-23(20)28-16-29-24/h2-8,11,14,16,26H,9-10,12-13,15H2,1H3,(H,27,28,29). The second kappa shape index (κ2) is 7.40. The van der Waals surface area contributed by atoms with Crippen molar-refractivity contribution < 1.29 is 8.42 Å². The number of hydrogen-bond donors (Lipinski definition) is 2. The van der Waals surface area contributed by atoms with Crippen molar-refractivity contribution in [3.8, 4) is 11.1 Å². The molecule has 0 radical (unpaired) electrons. The molecule has 0 saturated carbocycles. The first kappa shape index (κ1) is 20.4. The number of aromatic nitrogens is 3. The van der Waals surface area contributed by atoms with E-state index in [0.29, 0.717) is 4.90 Å². The Hall–Kier alpha value is -3.23. The Kier molecular flexibility index (Phi) is 4.57. The molecule has 4 heterocycles. The van der Waals surface area contributed by atoms with Gasteiger partial charge in [0.25, 0.3) is 0 Å². The van der Waals surface area contributed by atoms with Gasteiger partial charge in [0.15, 0.2) is 9.84 Å². The Bertz CT molecular complexity index is 1450. The highest BCUT2D eigenvalue weighted by atomic mass is 32.2. The Morgan fingerprint density at radius 3 is 2.48 bits per heavy atom. The molecule has 168 valence electrons. The molecule has 2 aromatic carbocycles. The van der Waals surface area contributed by atoms with Crippen molar-refractivity contribution in [3.63, 3.8) is 0 Å². The number of nitrogens with one attached hydrogen (secondary N) is 2. The lowest BCUT2D eigenvalue weighted by Gasteiger charge is -2.35. The summed E-state index contributed by atoms with van der Waals surface area (Å²) >= 11 is 0. The summed E-state index contributed by atoms with van der Waals surface area (Å²) in [4.78, 5) is 14.9. The average molecular weight is 460 g/mol. The van der Waals surface area contributed by atoms with E-state index >= 15 is 0 Å². The molecule has 0 aliphatic carbocycles. The summed E-state index contributed by atoms with van der Waals surface area (Å²) in [6, 6.07) is 15.8. The lowest BCUT2D eigenvalue weighted by Crippen LogP contribution is -2.42. The SMILES string of the molecule is CS(=O)(=O)c1ccc(-c2ccc3c(c2)C2(CCNCC2)CN3c2ncnc3[nH]ccc23)cc1. The van der Waals surface area contributed by atoms with E-state index in [1.54, 1.807) is 18.5 Å². The number of anilines is 2. The van der Waals surface area contributed by atoms with Crippen LogP contribution < -0.4 is 10.2 Å². The van der Waals surface area contributed by atoms with Crippen LogP contribution in [0.15, 0.2) is 66.0 Å². The molecule has 6 rings (SSSR count). The van der Waals surface area contributed by atoms with Gasteiger partial charge in [-0.25, -0.2) is 18.4 Å². The van der Waals surface area contributed by atoms with Crippen molar-refractivity contribution in [2.24, 2.45) is 0 Å². The molecule has 8 heteroatoms. The van der Waals surface area contributed by atoms with E-state index in [1.807, 2.05) is 24.4 Å². The monoisotopic (exact) mass is 459 g/mol. The summed E-state index contributed by atoms with van der Waals surface area (Å²) in [7, 11) is -3.21. The lowest BCUT2D eigenvalue weighted by molar-refractivity contribution is 0.329. The van der Waals surface area contributed by atoms with Crippen LogP contribution in [0.5, 0.6) is 0 Å². The Morgan fingerprint density at radius 1 is 0.970 bits per heavy atom. The van der Waals surface area contributed by atoms with E-state index in [9.17, 15) is 8.42 Å². The number of nitrogens with zero attached hydrogens (tertiary/aromatic N) is 3. The second-order valence-corrected chi connectivity index (χ2v) is 11.1. The fourth-order valence-corrected chi connectivity index (χ4v) is 5.97. The Balaban J connectivity index is 1.47. The summed E-state index contributed by atoms with van der Waals surface area (Å²) in [6.45, 7) is 2.87. The Morgan fingerprint density at radius 2 is 1.73 bits per heavy atom. The molecule has 2 N–H and O–H groups in total. The number of H-pyrrole nitrogens is 1. The fraction of sp³-hybridized carbons (Fsp3) is 0.280. The molecule has 0 bridgehead atoms. The summed E-state index contributed by atoms with van der Waals surface area (Å²) in [5, 5.41) is 4.53. The third-order valence-corrected chi connectivity index (χ3v) is 8.21. The first-order valence-electron chi connectivity index (χ1n) is 11.2. The zero-order valence-electron chi connectivity index (χ0n) is 18.4. The molecule has 2 aliphatic heterocycles. The van der Waals surface area contributed by atoms with Crippen LogP contribution >= 0.6 is 0 Å². The molecular formula is C25H25N5O2S. The van der Waals surface area contributed by atoms with Crippen LogP contribution in [0.1, 0.15) is 18.4 Å². The maximum atomic E-state index is 11.9. The van der Waals surface area contributed by atoms with Gasteiger partial charge in [-0.15, -0.1) is 0 Å². The van der Waals surface area contributed by atoms with E-state index < -0.39 is 9.84 Å². The minimum absolute atomic E-state index is 0.0525. The molecule has 4 aromatic rings. The predicted octanol–water partition coefficient (Wildman–Crippen LogP) is 3.80. The number of hydrogen-bond acceptors (Lipinski definition) is 6. The normalized spacial score (nSPS) is 17.5. The first-order valence-corrected chi connectivity index (χ1v) is 13.1. The van der Waals surface area contributed by atoms with Gasteiger partial charge in [-0.2, -0.15) is 0 Å². The fourth-order valence-electron chi connectivity index (χ4n) is 5.34. The summed E-state index contributed by atoms with van der Waals surface area (Å²) in [5.41, 5.74) is 5.54. The summed E-state index contributed by atoms with van der Waals surface area (Å²) < 4.78 is 23.7. The van der Waals surface area contributed by atoms with Crippen molar-refractivity contribution in [2.75, 3.05) is 30.8 Å². The molecule has 7 nitrogen and oxygen atoms in total. The average Bonchev–Trinajstić information content (AvgIpc) is 3.42. The second-order valence-electron chi connectivity index (χ2n) is 9.08. The number of piperidine rings is 1. The minimum Gasteiger partial charge on any atom is -0.346 e. The van der Waals surface area contributed by atoms with Gasteiger partial charge < -0.3 is 15.2 Å². The summed E-state index contributed by atoms with van der Waals surface area (Å²) in [6.07, 6.45) is 6.90. The number of sulfone groups is 1. The van der Waals surface area contributed by atoms with E-state index in [1.165, 1.54) is 17.5 Å². The molecule has 0 atom stereocenters. The van der Waals surface area contributed by atoms with Crippen LogP contribution in [-0.2, 0) is 15.3 Å². The first-order chi connectivity index (χ1) is 15.9. The highest BCUT2D eigenvalue weighted by molar-refractivity contribution is 7.90. The Labute approximate surface area is 192 Å². The van der Waals surface area contributed by atoms with E-state index in [0.717, 1.165) is 60.5 Å². The molecule has 2 aliphatic rings. The van der Waals surface area contributed by atoms with Gasteiger partial charge in [0.05, 0.1) is 10.3 Å². The molecule has 1 spiro atoms. The van der Waals surface area contributed by atoms with E-state index in [2.05, 4.69) is 43.4 Å². The molecule has 2 aromatic heterocycles. The predicted molar refractivity (Wildman–Crippen MR) is 130 cm³/mol. The maximum Gasteiger partial charge on any atom is 0.175 e. The number of benzene rings is 2. The third kappa shape index (κ3) is 3.32. The largest absolute Gasteiger partial charge is 0.346 e. The van der Waals surface area contributed by atoms with Crippen LogP contribution in [0, 0.1) is 0 Å². The van der Waals surface area contributed by atoms with Crippen LogP contribution in [0.25, 0.3) is 22.2 Å². The number of fused-ring (bicyclic) bond motifs is 3. The molecule has 0 amide bonds. The molecule has 1 fully saturated rings. The van der Waals surface area contributed by atoms with Crippen molar-refractivity contribution in [3.05, 3.63) is 66.6 Å². The molecule has 1 saturated heterocycles. The van der Waals surface area contributed by atoms with Crippen LogP contribution in [0.4, 0.5) is 11.5 Å². The molecule has 33 heavy (non-hydrogen) atoms. The third-order valence-electron chi connectivity index (χ3n) is 7.08. The van der Waals surface area contributed by atoms with Gasteiger partial charge in [-0.1, -0.05) is 18.2 Å². The zero-order valence-corrected chi connectivity index (χ0v) is 19.2. The quantitative estimate of drug-likeness (QED) is 0.484. The maximum absolute atomic E-state index is 11.9.